The van der Waals surface area contributed by atoms with Crippen molar-refractivity contribution in [3.05, 3.63) is 23.8 Å². The predicted octanol–water partition coefficient (Wildman–Crippen LogP) is 0.670. The van der Waals surface area contributed by atoms with Crippen molar-refractivity contribution in [3.8, 4) is 5.75 Å². The highest BCUT2D eigenvalue weighted by Gasteiger charge is 2.07. The van der Waals surface area contributed by atoms with Crippen LogP contribution in [0.1, 0.15) is 10.4 Å². The number of hydrogen-bond acceptors (Lipinski definition) is 5. The topological polar surface area (TPSA) is 82.8 Å². The zero-order chi connectivity index (χ0) is 14.1. The molecule has 0 saturated heterocycles. The van der Waals surface area contributed by atoms with Crippen molar-refractivity contribution in [1.29, 1.82) is 0 Å². The first-order valence-corrected chi connectivity index (χ1v) is 5.97. The molecule has 0 atom stereocenters. The summed E-state index contributed by atoms with van der Waals surface area (Å²) < 4.78 is 15.1. The van der Waals surface area contributed by atoms with Gasteiger partial charge in [0.2, 0.25) is 0 Å². The Morgan fingerprint density at radius 2 is 2.05 bits per heavy atom. The molecule has 0 radical (unpaired) electrons. The van der Waals surface area contributed by atoms with Gasteiger partial charge in [0.1, 0.15) is 5.75 Å². The molecule has 6 nitrogen and oxygen atoms in total. The lowest BCUT2D eigenvalue weighted by Crippen LogP contribution is -2.27. The van der Waals surface area contributed by atoms with E-state index >= 15 is 0 Å². The molecule has 0 aliphatic heterocycles. The number of carbonyl (C=O) groups is 1. The van der Waals surface area contributed by atoms with Gasteiger partial charge < -0.3 is 25.3 Å². The highest BCUT2D eigenvalue weighted by molar-refractivity contribution is 5.95. The van der Waals surface area contributed by atoms with Crippen molar-refractivity contribution < 1.29 is 19.0 Å². The first kappa shape index (κ1) is 15.3. The SMILES string of the molecule is COCCOCCNC(=O)c1ccc(OC)c(N)c1. The van der Waals surface area contributed by atoms with Crippen LogP contribution in [-0.2, 0) is 9.47 Å². The smallest absolute Gasteiger partial charge is 0.251 e. The summed E-state index contributed by atoms with van der Waals surface area (Å²) >= 11 is 0. The van der Waals surface area contributed by atoms with E-state index in [-0.39, 0.29) is 5.91 Å². The number of carbonyl (C=O) groups excluding carboxylic acids is 1. The van der Waals surface area contributed by atoms with Gasteiger partial charge in [0.25, 0.3) is 5.91 Å². The highest BCUT2D eigenvalue weighted by Crippen LogP contribution is 2.21. The zero-order valence-corrected chi connectivity index (χ0v) is 11.3. The lowest BCUT2D eigenvalue weighted by atomic mass is 10.2. The fraction of sp³-hybridized carbons (Fsp3) is 0.462. The number of anilines is 1. The molecule has 19 heavy (non-hydrogen) atoms. The Labute approximate surface area is 112 Å². The minimum Gasteiger partial charge on any atom is -0.495 e. The summed E-state index contributed by atoms with van der Waals surface area (Å²) in [5.74, 6) is 0.365. The van der Waals surface area contributed by atoms with E-state index in [1.807, 2.05) is 0 Å². The van der Waals surface area contributed by atoms with Gasteiger partial charge in [-0.3, -0.25) is 4.79 Å². The van der Waals surface area contributed by atoms with Crippen LogP contribution < -0.4 is 15.8 Å². The van der Waals surface area contributed by atoms with Crippen LogP contribution in [0.25, 0.3) is 0 Å². The molecule has 0 spiro atoms. The minimum atomic E-state index is -0.190. The normalized spacial score (nSPS) is 10.2. The Morgan fingerprint density at radius 3 is 2.68 bits per heavy atom. The number of ether oxygens (including phenoxy) is 3. The van der Waals surface area contributed by atoms with Gasteiger partial charge in [-0.2, -0.15) is 0 Å². The summed E-state index contributed by atoms with van der Waals surface area (Å²) in [4.78, 5) is 11.8. The molecule has 106 valence electrons. The van der Waals surface area contributed by atoms with Gasteiger partial charge in [0, 0.05) is 19.2 Å². The number of nitrogen functional groups attached to an aromatic ring is 1. The van der Waals surface area contributed by atoms with Gasteiger partial charge >= 0.3 is 0 Å². The van der Waals surface area contributed by atoms with Gasteiger partial charge in [-0.25, -0.2) is 0 Å². The fourth-order valence-corrected chi connectivity index (χ4v) is 1.46. The van der Waals surface area contributed by atoms with E-state index < -0.39 is 0 Å². The fourth-order valence-electron chi connectivity index (χ4n) is 1.46. The molecule has 0 fully saturated rings. The highest BCUT2D eigenvalue weighted by atomic mass is 16.5. The first-order chi connectivity index (χ1) is 9.19. The first-order valence-electron chi connectivity index (χ1n) is 5.97. The second kappa shape index (κ2) is 8.34. The van der Waals surface area contributed by atoms with E-state index in [1.165, 1.54) is 7.11 Å². The van der Waals surface area contributed by atoms with Crippen molar-refractivity contribution in [2.75, 3.05) is 46.3 Å². The van der Waals surface area contributed by atoms with Crippen LogP contribution in [0.4, 0.5) is 5.69 Å². The predicted molar refractivity (Wildman–Crippen MR) is 72.4 cm³/mol. The van der Waals surface area contributed by atoms with Gasteiger partial charge in [0.15, 0.2) is 0 Å². The molecule has 0 heterocycles. The maximum Gasteiger partial charge on any atom is 0.251 e. The Kier molecular flexibility index (Phi) is 6.70. The molecule has 0 aromatic heterocycles. The average Bonchev–Trinajstić information content (AvgIpc) is 2.42. The van der Waals surface area contributed by atoms with Gasteiger partial charge in [-0.15, -0.1) is 0 Å². The van der Waals surface area contributed by atoms with Crippen molar-refractivity contribution >= 4 is 11.6 Å². The van der Waals surface area contributed by atoms with Crippen molar-refractivity contribution in [3.63, 3.8) is 0 Å². The summed E-state index contributed by atoms with van der Waals surface area (Å²) in [7, 11) is 3.14. The number of benzene rings is 1. The molecule has 1 aromatic rings. The van der Waals surface area contributed by atoms with E-state index in [4.69, 9.17) is 19.9 Å². The Hall–Kier alpha value is -1.79. The summed E-state index contributed by atoms with van der Waals surface area (Å²) in [5, 5.41) is 2.74. The van der Waals surface area contributed by atoms with Gasteiger partial charge in [-0.1, -0.05) is 0 Å². The van der Waals surface area contributed by atoms with E-state index in [0.717, 1.165) is 0 Å². The van der Waals surface area contributed by atoms with Gasteiger partial charge in [0.05, 0.1) is 32.6 Å². The molecular formula is C13H20N2O4. The molecule has 1 aromatic carbocycles. The Balaban J connectivity index is 2.35. The quantitative estimate of drug-likeness (QED) is 0.535. The molecule has 0 aliphatic carbocycles. The number of hydrogen-bond donors (Lipinski definition) is 2. The van der Waals surface area contributed by atoms with Crippen LogP contribution in [0.15, 0.2) is 18.2 Å². The van der Waals surface area contributed by atoms with E-state index in [0.29, 0.717) is 43.4 Å². The summed E-state index contributed by atoms with van der Waals surface area (Å²) in [6.07, 6.45) is 0. The lowest BCUT2D eigenvalue weighted by Gasteiger charge is -2.08. The van der Waals surface area contributed by atoms with Crippen molar-refractivity contribution in [2.45, 2.75) is 0 Å². The van der Waals surface area contributed by atoms with Crippen LogP contribution >= 0.6 is 0 Å². The Bertz CT molecular complexity index is 410. The maximum atomic E-state index is 11.8. The maximum absolute atomic E-state index is 11.8. The van der Waals surface area contributed by atoms with Crippen molar-refractivity contribution in [1.82, 2.24) is 5.32 Å². The summed E-state index contributed by atoms with van der Waals surface area (Å²) in [6, 6.07) is 4.91. The van der Waals surface area contributed by atoms with Crippen LogP contribution in [0.3, 0.4) is 0 Å². The minimum absolute atomic E-state index is 0.190. The molecule has 0 unspecified atom stereocenters. The van der Waals surface area contributed by atoms with Crippen LogP contribution in [0.5, 0.6) is 5.75 Å². The number of amides is 1. The molecule has 3 N–H and O–H groups in total. The second-order valence-electron chi connectivity index (χ2n) is 3.82. The number of methoxy groups -OCH3 is 2. The number of nitrogens with two attached hydrogens (primary N) is 1. The van der Waals surface area contributed by atoms with E-state index in [2.05, 4.69) is 5.32 Å². The summed E-state index contributed by atoms with van der Waals surface area (Å²) in [5.41, 5.74) is 6.67. The number of nitrogens with one attached hydrogen (secondary N) is 1. The van der Waals surface area contributed by atoms with Crippen LogP contribution in [0, 0.1) is 0 Å². The van der Waals surface area contributed by atoms with E-state index in [1.54, 1.807) is 25.3 Å². The molecule has 0 bridgehead atoms. The molecule has 0 saturated carbocycles. The van der Waals surface area contributed by atoms with E-state index in [9.17, 15) is 4.79 Å². The third-order valence-electron chi connectivity index (χ3n) is 2.46. The molecule has 6 heteroatoms. The standard InChI is InChI=1S/C13H20N2O4/c1-17-7-8-19-6-5-15-13(16)10-3-4-12(18-2)11(14)9-10/h3-4,9H,5-8,14H2,1-2H3,(H,15,16). The second-order valence-corrected chi connectivity index (χ2v) is 3.82. The van der Waals surface area contributed by atoms with Gasteiger partial charge in [-0.05, 0) is 18.2 Å². The average molecular weight is 268 g/mol. The van der Waals surface area contributed by atoms with Crippen LogP contribution in [-0.4, -0.2) is 46.5 Å². The largest absolute Gasteiger partial charge is 0.495 e. The zero-order valence-electron chi connectivity index (χ0n) is 11.3. The summed E-state index contributed by atoms with van der Waals surface area (Å²) in [6.45, 7) is 1.94. The monoisotopic (exact) mass is 268 g/mol. The molecular weight excluding hydrogens is 248 g/mol. The third kappa shape index (κ3) is 5.15. The third-order valence-corrected chi connectivity index (χ3v) is 2.46. The molecule has 1 rings (SSSR count). The van der Waals surface area contributed by atoms with Crippen molar-refractivity contribution in [2.24, 2.45) is 0 Å². The molecule has 1 amide bonds. The lowest BCUT2D eigenvalue weighted by molar-refractivity contribution is 0.0692. The van der Waals surface area contributed by atoms with Crippen LogP contribution in [0.2, 0.25) is 0 Å². The molecule has 0 aliphatic rings. The Morgan fingerprint density at radius 1 is 1.26 bits per heavy atom. The number of rotatable bonds is 8.